The largest absolute Gasteiger partial charge is 0.299 e. The monoisotopic (exact) mass is 258 g/mol. The summed E-state index contributed by atoms with van der Waals surface area (Å²) in [6.45, 7) is 1.38. The van der Waals surface area contributed by atoms with Crippen LogP contribution in [0.4, 0.5) is 5.13 Å². The van der Waals surface area contributed by atoms with Gasteiger partial charge in [0.05, 0.1) is 6.20 Å². The molecule has 1 N–H and O–H groups in total. The maximum absolute atomic E-state index is 11.2. The minimum absolute atomic E-state index is 0.377. The summed E-state index contributed by atoms with van der Waals surface area (Å²) in [4.78, 5) is 15.0. The number of carbonyl (C=O) groups excluding carboxylic acids is 1. The lowest BCUT2D eigenvalue weighted by molar-refractivity contribution is -0.116. The van der Waals surface area contributed by atoms with E-state index in [9.17, 15) is 4.79 Å². The highest BCUT2D eigenvalue weighted by molar-refractivity contribution is 7.19. The zero-order valence-electron chi connectivity index (χ0n) is 6.47. The Hall–Kier alpha value is -0.0300. The molecule has 0 radical (unpaired) electrons. The van der Waals surface area contributed by atoms with Crippen molar-refractivity contribution in [2.75, 3.05) is 5.32 Å². The van der Waals surface area contributed by atoms with Crippen LogP contribution in [0.5, 0.6) is 0 Å². The normalized spacial score (nSPS) is 11.4. The fraction of sp³-hybridized carbons (Fsp3) is 0.333. The number of aromatic nitrogens is 1. The van der Waals surface area contributed by atoms with Crippen LogP contribution in [0, 0.1) is 0 Å². The van der Waals surface area contributed by atoms with E-state index in [1.165, 1.54) is 13.1 Å². The van der Waals surface area contributed by atoms with Crippen LogP contribution in [0.25, 0.3) is 0 Å². The van der Waals surface area contributed by atoms with Crippen LogP contribution in [0.3, 0.4) is 0 Å². The van der Waals surface area contributed by atoms with Gasteiger partial charge < -0.3 is 0 Å². The number of thiazole rings is 1. The molecule has 0 fully saturated rings. The van der Waals surface area contributed by atoms with E-state index in [-0.39, 0.29) is 0 Å². The average molecular weight is 260 g/mol. The molecule has 0 aliphatic carbocycles. The van der Waals surface area contributed by atoms with Gasteiger partial charge in [0, 0.05) is 0 Å². The van der Waals surface area contributed by atoms with Gasteiger partial charge in [-0.2, -0.15) is 0 Å². The summed E-state index contributed by atoms with van der Waals surface area (Å²) < 4.78 is -0.973. The van der Waals surface area contributed by atoms with E-state index < -0.39 is 10.2 Å². The highest BCUT2D eigenvalue weighted by Gasteiger charge is 2.27. The fourth-order valence-corrected chi connectivity index (χ4v) is 1.42. The van der Waals surface area contributed by atoms with Crippen molar-refractivity contribution in [1.29, 1.82) is 0 Å². The van der Waals surface area contributed by atoms with Gasteiger partial charge in [-0.05, 0) is 6.92 Å². The predicted molar refractivity (Wildman–Crippen MR) is 55.9 cm³/mol. The fourth-order valence-electron chi connectivity index (χ4n) is 0.519. The molecule has 0 bridgehead atoms. The van der Waals surface area contributed by atoms with E-state index in [2.05, 4.69) is 10.3 Å². The maximum Gasteiger partial charge on any atom is 0.262 e. The van der Waals surface area contributed by atoms with Gasteiger partial charge in [0.15, 0.2) is 9.46 Å². The molecule has 0 atom stereocenters. The molecular formula is C6H5Cl3N2OS. The number of nitrogens with zero attached hydrogens (tertiary/aromatic N) is 1. The van der Waals surface area contributed by atoms with Gasteiger partial charge in [0.2, 0.25) is 0 Å². The molecule has 72 valence electrons. The molecule has 0 unspecified atom stereocenters. The standard InChI is InChI=1S/C6H5Cl3N2OS/c1-6(8,9)4(12)11-5-10-2-3(7)13-5/h2H,1H3,(H,10,11,12). The minimum Gasteiger partial charge on any atom is -0.299 e. The lowest BCUT2D eigenvalue weighted by Crippen LogP contribution is -2.29. The summed E-state index contributed by atoms with van der Waals surface area (Å²) in [5.74, 6) is -0.526. The van der Waals surface area contributed by atoms with Crippen LogP contribution < -0.4 is 5.32 Å². The second-order valence-electron chi connectivity index (χ2n) is 2.31. The first kappa shape index (κ1) is 11.0. The zero-order chi connectivity index (χ0) is 10.1. The third-order valence-electron chi connectivity index (χ3n) is 1.10. The molecule has 1 aromatic rings. The number of anilines is 1. The quantitative estimate of drug-likeness (QED) is 0.830. The number of hydrogen-bond acceptors (Lipinski definition) is 3. The van der Waals surface area contributed by atoms with Gasteiger partial charge >= 0.3 is 0 Å². The second kappa shape index (κ2) is 4.00. The Kier molecular flexibility index (Phi) is 3.40. The van der Waals surface area contributed by atoms with Gasteiger partial charge in [-0.3, -0.25) is 10.1 Å². The number of nitrogens with one attached hydrogen (secondary N) is 1. The van der Waals surface area contributed by atoms with E-state index in [1.54, 1.807) is 0 Å². The number of carbonyl (C=O) groups is 1. The highest BCUT2D eigenvalue weighted by Crippen LogP contribution is 2.26. The van der Waals surface area contributed by atoms with Crippen LogP contribution in [0.2, 0.25) is 4.34 Å². The van der Waals surface area contributed by atoms with Crippen molar-refractivity contribution in [1.82, 2.24) is 4.98 Å². The third kappa shape index (κ3) is 3.31. The minimum atomic E-state index is -1.46. The molecule has 0 saturated carbocycles. The van der Waals surface area contributed by atoms with Gasteiger partial charge in [0.25, 0.3) is 5.91 Å². The second-order valence-corrected chi connectivity index (χ2v) is 5.68. The van der Waals surface area contributed by atoms with Gasteiger partial charge in [-0.15, -0.1) is 0 Å². The molecule has 3 nitrogen and oxygen atoms in total. The molecule has 7 heteroatoms. The summed E-state index contributed by atoms with van der Waals surface area (Å²) in [5.41, 5.74) is 0. The van der Waals surface area contributed by atoms with E-state index in [0.29, 0.717) is 9.47 Å². The summed E-state index contributed by atoms with van der Waals surface area (Å²) in [7, 11) is 0. The summed E-state index contributed by atoms with van der Waals surface area (Å²) >= 11 is 17.8. The summed E-state index contributed by atoms with van der Waals surface area (Å²) in [6, 6.07) is 0. The maximum atomic E-state index is 11.2. The van der Waals surface area contributed by atoms with E-state index in [1.807, 2.05) is 0 Å². The molecule has 0 aromatic carbocycles. The topological polar surface area (TPSA) is 42.0 Å². The van der Waals surface area contributed by atoms with Gasteiger partial charge in [-0.1, -0.05) is 46.1 Å². The van der Waals surface area contributed by atoms with Crippen LogP contribution in [-0.2, 0) is 4.79 Å². The SMILES string of the molecule is CC(Cl)(Cl)C(=O)Nc1ncc(Cl)s1. The zero-order valence-corrected chi connectivity index (χ0v) is 9.56. The number of amides is 1. The molecule has 1 rings (SSSR count). The van der Waals surface area contributed by atoms with Crippen molar-refractivity contribution in [3.63, 3.8) is 0 Å². The first-order valence-electron chi connectivity index (χ1n) is 3.20. The first-order valence-corrected chi connectivity index (χ1v) is 5.15. The Balaban J connectivity index is 2.65. The van der Waals surface area contributed by atoms with Crippen LogP contribution in [0.1, 0.15) is 6.92 Å². The molecule has 0 spiro atoms. The lowest BCUT2D eigenvalue weighted by Gasteiger charge is -2.10. The van der Waals surface area contributed by atoms with Crippen molar-refractivity contribution in [2.45, 2.75) is 11.3 Å². The van der Waals surface area contributed by atoms with Crippen molar-refractivity contribution in [3.8, 4) is 0 Å². The predicted octanol–water partition coefficient (Wildman–Crippen LogP) is 2.93. The number of rotatable bonds is 2. The molecule has 0 aliphatic heterocycles. The average Bonchev–Trinajstić information content (AvgIpc) is 2.33. The van der Waals surface area contributed by atoms with Crippen molar-refractivity contribution >= 4 is 57.2 Å². The van der Waals surface area contributed by atoms with Crippen molar-refractivity contribution < 1.29 is 4.79 Å². The van der Waals surface area contributed by atoms with Crippen LogP contribution in [-0.4, -0.2) is 15.2 Å². The van der Waals surface area contributed by atoms with Crippen molar-refractivity contribution in [3.05, 3.63) is 10.5 Å². The Morgan fingerprint density at radius 2 is 2.31 bits per heavy atom. The van der Waals surface area contributed by atoms with Gasteiger partial charge in [-0.25, -0.2) is 4.98 Å². The van der Waals surface area contributed by atoms with E-state index in [0.717, 1.165) is 11.3 Å². The number of halogens is 3. The summed E-state index contributed by atoms with van der Waals surface area (Å²) in [5, 5.41) is 2.80. The van der Waals surface area contributed by atoms with Crippen LogP contribution >= 0.6 is 46.1 Å². The van der Waals surface area contributed by atoms with E-state index >= 15 is 0 Å². The number of alkyl halides is 2. The molecule has 13 heavy (non-hydrogen) atoms. The third-order valence-corrected chi connectivity index (χ3v) is 2.47. The molecular weight excluding hydrogens is 255 g/mol. The molecule has 0 saturated heterocycles. The van der Waals surface area contributed by atoms with Crippen molar-refractivity contribution in [2.24, 2.45) is 0 Å². The number of hydrogen-bond donors (Lipinski definition) is 1. The van der Waals surface area contributed by atoms with Crippen LogP contribution in [0.15, 0.2) is 6.20 Å². The molecule has 1 heterocycles. The van der Waals surface area contributed by atoms with E-state index in [4.69, 9.17) is 34.8 Å². The lowest BCUT2D eigenvalue weighted by atomic mass is 10.4. The first-order chi connectivity index (χ1) is 5.89. The highest BCUT2D eigenvalue weighted by atomic mass is 35.5. The molecule has 1 amide bonds. The van der Waals surface area contributed by atoms with Gasteiger partial charge in [0.1, 0.15) is 4.34 Å². The summed E-state index contributed by atoms with van der Waals surface area (Å²) in [6.07, 6.45) is 1.43. The molecule has 0 aliphatic rings. The smallest absolute Gasteiger partial charge is 0.262 e. The Labute approximate surface area is 94.0 Å². The Bertz CT molecular complexity index is 320. The Morgan fingerprint density at radius 3 is 2.69 bits per heavy atom. The Morgan fingerprint density at radius 1 is 1.69 bits per heavy atom. The molecule has 1 aromatic heterocycles.